The smallest absolute Gasteiger partial charge is 0.158 e. The Morgan fingerprint density at radius 3 is 2.67 bits per heavy atom. The van der Waals surface area contributed by atoms with Gasteiger partial charge in [0, 0.05) is 23.3 Å². The second-order valence-electron chi connectivity index (χ2n) is 4.04. The number of nitrogens with two attached hydrogens (primary N) is 1. The van der Waals surface area contributed by atoms with Crippen LogP contribution in [0.25, 0.3) is 0 Å². The molecule has 0 saturated heterocycles. The van der Waals surface area contributed by atoms with Crippen molar-refractivity contribution in [3.8, 4) is 0 Å². The molecule has 0 aliphatic rings. The van der Waals surface area contributed by atoms with Crippen LogP contribution in [0.15, 0.2) is 53.3 Å². The molecule has 3 nitrogen and oxygen atoms in total. The average molecular weight is 305 g/mol. The van der Waals surface area contributed by atoms with Gasteiger partial charge in [-0.3, -0.25) is 9.78 Å². The Morgan fingerprint density at radius 2 is 2.00 bits per heavy atom. The van der Waals surface area contributed by atoms with Crippen molar-refractivity contribution < 1.29 is 4.79 Å². The van der Waals surface area contributed by atoms with Crippen molar-refractivity contribution in [2.45, 2.75) is 12.5 Å². The van der Waals surface area contributed by atoms with E-state index in [9.17, 15) is 4.79 Å². The quantitative estimate of drug-likeness (QED) is 0.945. The summed E-state index contributed by atoms with van der Waals surface area (Å²) in [7, 11) is 0. The zero-order valence-corrected chi connectivity index (χ0v) is 11.3. The van der Waals surface area contributed by atoms with Crippen LogP contribution in [0.3, 0.4) is 0 Å². The molecule has 1 aromatic heterocycles. The van der Waals surface area contributed by atoms with Gasteiger partial charge in [-0.2, -0.15) is 0 Å². The molecule has 4 heteroatoms. The van der Waals surface area contributed by atoms with Crippen LogP contribution in [0.1, 0.15) is 17.2 Å². The molecule has 0 fully saturated rings. The van der Waals surface area contributed by atoms with Gasteiger partial charge in [0.2, 0.25) is 0 Å². The highest BCUT2D eigenvalue weighted by Crippen LogP contribution is 2.15. The van der Waals surface area contributed by atoms with Gasteiger partial charge in [-0.25, -0.2) is 0 Å². The summed E-state index contributed by atoms with van der Waals surface area (Å²) in [5.41, 5.74) is 7.64. The molecule has 0 amide bonds. The number of ketones is 1. The molecule has 1 aromatic carbocycles. The van der Waals surface area contributed by atoms with Gasteiger partial charge < -0.3 is 5.73 Å². The molecule has 0 spiro atoms. The maximum absolute atomic E-state index is 12.1. The first-order chi connectivity index (χ1) is 8.66. The standard InChI is InChI=1S/C14H13BrN2O/c15-12-6-10(8-17-9-12)7-13(18)14(16)11-4-2-1-3-5-11/h1-6,8-9,14H,7,16H2/t14-/m1/s1. The number of carbonyl (C=O) groups excluding carboxylic acids is 1. The lowest BCUT2D eigenvalue weighted by Gasteiger charge is -2.10. The first kappa shape index (κ1) is 12.9. The molecule has 0 aliphatic heterocycles. The monoisotopic (exact) mass is 304 g/mol. The second-order valence-corrected chi connectivity index (χ2v) is 4.96. The molecule has 1 atom stereocenters. The summed E-state index contributed by atoms with van der Waals surface area (Å²) in [5.74, 6) is -0.0129. The molecular weight excluding hydrogens is 292 g/mol. The Labute approximate surface area is 114 Å². The van der Waals surface area contributed by atoms with Crippen LogP contribution >= 0.6 is 15.9 Å². The van der Waals surface area contributed by atoms with E-state index in [1.54, 1.807) is 12.4 Å². The van der Waals surface area contributed by atoms with E-state index in [1.807, 2.05) is 36.4 Å². The minimum atomic E-state index is -0.579. The lowest BCUT2D eigenvalue weighted by atomic mass is 9.99. The second kappa shape index (κ2) is 5.89. The van der Waals surface area contributed by atoms with Crippen molar-refractivity contribution in [2.24, 2.45) is 5.73 Å². The summed E-state index contributed by atoms with van der Waals surface area (Å²) in [6.07, 6.45) is 3.66. The number of hydrogen-bond acceptors (Lipinski definition) is 3. The van der Waals surface area contributed by atoms with Crippen LogP contribution in [0.2, 0.25) is 0 Å². The van der Waals surface area contributed by atoms with E-state index in [1.165, 1.54) is 0 Å². The first-order valence-electron chi connectivity index (χ1n) is 5.59. The third kappa shape index (κ3) is 3.24. The van der Waals surface area contributed by atoms with E-state index in [4.69, 9.17) is 5.73 Å². The molecule has 0 aliphatic carbocycles. The first-order valence-corrected chi connectivity index (χ1v) is 6.39. The molecule has 2 rings (SSSR count). The highest BCUT2D eigenvalue weighted by Gasteiger charge is 2.15. The number of Topliss-reactive ketones (excluding diaryl/α,β-unsaturated/α-hetero) is 1. The van der Waals surface area contributed by atoms with E-state index in [0.717, 1.165) is 15.6 Å². The fourth-order valence-corrected chi connectivity index (χ4v) is 2.12. The van der Waals surface area contributed by atoms with Gasteiger partial charge in [0.1, 0.15) is 0 Å². The van der Waals surface area contributed by atoms with Crippen LogP contribution < -0.4 is 5.73 Å². The molecular formula is C14H13BrN2O. The minimum Gasteiger partial charge on any atom is -0.318 e. The van der Waals surface area contributed by atoms with Crippen molar-refractivity contribution in [1.82, 2.24) is 4.98 Å². The average Bonchev–Trinajstić information content (AvgIpc) is 2.39. The zero-order chi connectivity index (χ0) is 13.0. The number of aromatic nitrogens is 1. The highest BCUT2D eigenvalue weighted by molar-refractivity contribution is 9.10. The van der Waals surface area contributed by atoms with Crippen LogP contribution in [-0.2, 0) is 11.2 Å². The minimum absolute atomic E-state index is 0.0129. The maximum Gasteiger partial charge on any atom is 0.158 e. The molecule has 2 aromatic rings. The number of carbonyl (C=O) groups is 1. The predicted molar refractivity (Wildman–Crippen MR) is 74.0 cm³/mol. The van der Waals surface area contributed by atoms with Gasteiger partial charge in [-0.05, 0) is 33.1 Å². The molecule has 0 unspecified atom stereocenters. The zero-order valence-electron chi connectivity index (χ0n) is 9.71. The van der Waals surface area contributed by atoms with Gasteiger partial charge in [0.05, 0.1) is 6.04 Å². The van der Waals surface area contributed by atoms with Crippen molar-refractivity contribution in [1.29, 1.82) is 0 Å². The van der Waals surface area contributed by atoms with Crippen molar-refractivity contribution in [3.05, 3.63) is 64.4 Å². The van der Waals surface area contributed by atoms with E-state index in [-0.39, 0.29) is 5.78 Å². The van der Waals surface area contributed by atoms with Gasteiger partial charge in [0.25, 0.3) is 0 Å². The lowest BCUT2D eigenvalue weighted by Crippen LogP contribution is -2.23. The lowest BCUT2D eigenvalue weighted by molar-refractivity contribution is -0.119. The Hall–Kier alpha value is -1.52. The number of hydrogen-bond donors (Lipinski definition) is 1. The Kier molecular flexibility index (Phi) is 4.23. The van der Waals surface area contributed by atoms with Gasteiger partial charge in [0.15, 0.2) is 5.78 Å². The Bertz CT molecular complexity index is 543. The third-order valence-corrected chi connectivity index (χ3v) is 3.08. The number of pyridine rings is 1. The third-order valence-electron chi connectivity index (χ3n) is 2.65. The molecule has 0 radical (unpaired) electrons. The molecule has 0 saturated carbocycles. The highest BCUT2D eigenvalue weighted by atomic mass is 79.9. The number of rotatable bonds is 4. The largest absolute Gasteiger partial charge is 0.318 e. The fraction of sp³-hybridized carbons (Fsp3) is 0.143. The molecule has 92 valence electrons. The van der Waals surface area contributed by atoms with Crippen LogP contribution in [-0.4, -0.2) is 10.8 Å². The summed E-state index contributed by atoms with van der Waals surface area (Å²) in [6.45, 7) is 0. The Morgan fingerprint density at radius 1 is 1.28 bits per heavy atom. The number of nitrogens with zero attached hydrogens (tertiary/aromatic N) is 1. The van der Waals surface area contributed by atoms with Gasteiger partial charge in [-0.1, -0.05) is 30.3 Å². The number of benzene rings is 1. The van der Waals surface area contributed by atoms with E-state index in [0.29, 0.717) is 6.42 Å². The molecule has 2 N–H and O–H groups in total. The SMILES string of the molecule is N[C@@H](C(=O)Cc1cncc(Br)c1)c1ccccc1. The van der Waals surface area contributed by atoms with Crippen LogP contribution in [0.5, 0.6) is 0 Å². The summed E-state index contributed by atoms with van der Waals surface area (Å²) in [6, 6.07) is 10.7. The fourth-order valence-electron chi connectivity index (χ4n) is 1.71. The van der Waals surface area contributed by atoms with Gasteiger partial charge >= 0.3 is 0 Å². The molecule has 0 bridgehead atoms. The van der Waals surface area contributed by atoms with E-state index >= 15 is 0 Å². The topological polar surface area (TPSA) is 56.0 Å². The maximum atomic E-state index is 12.1. The number of halogens is 1. The summed E-state index contributed by atoms with van der Waals surface area (Å²) < 4.78 is 0.862. The van der Waals surface area contributed by atoms with E-state index < -0.39 is 6.04 Å². The van der Waals surface area contributed by atoms with Crippen LogP contribution in [0.4, 0.5) is 0 Å². The summed E-state index contributed by atoms with van der Waals surface area (Å²) in [5, 5.41) is 0. The molecule has 1 heterocycles. The summed E-state index contributed by atoms with van der Waals surface area (Å²) >= 11 is 3.33. The van der Waals surface area contributed by atoms with Crippen molar-refractivity contribution in [2.75, 3.05) is 0 Å². The Balaban J connectivity index is 2.09. The summed E-state index contributed by atoms with van der Waals surface area (Å²) in [4.78, 5) is 16.1. The van der Waals surface area contributed by atoms with Crippen molar-refractivity contribution in [3.63, 3.8) is 0 Å². The van der Waals surface area contributed by atoms with Gasteiger partial charge in [-0.15, -0.1) is 0 Å². The molecule has 18 heavy (non-hydrogen) atoms. The van der Waals surface area contributed by atoms with E-state index in [2.05, 4.69) is 20.9 Å². The van der Waals surface area contributed by atoms with Crippen LogP contribution in [0, 0.1) is 0 Å². The van der Waals surface area contributed by atoms with Crippen molar-refractivity contribution >= 4 is 21.7 Å². The normalized spacial score (nSPS) is 12.1. The predicted octanol–water partition coefficient (Wildman–Crippen LogP) is 2.66.